The summed E-state index contributed by atoms with van der Waals surface area (Å²) < 4.78 is 0. The van der Waals surface area contributed by atoms with Crippen molar-refractivity contribution in [3.05, 3.63) is 52.7 Å². The van der Waals surface area contributed by atoms with Crippen molar-refractivity contribution in [1.82, 2.24) is 4.98 Å². The highest BCUT2D eigenvalue weighted by Crippen LogP contribution is 2.25. The molecule has 0 fully saturated rings. The molecule has 2 aromatic rings. The van der Waals surface area contributed by atoms with Gasteiger partial charge in [-0.1, -0.05) is 29.8 Å². The van der Waals surface area contributed by atoms with Crippen molar-refractivity contribution >= 4 is 23.1 Å². The van der Waals surface area contributed by atoms with Gasteiger partial charge in [0.15, 0.2) is 0 Å². The first-order chi connectivity index (χ1) is 8.58. The number of pyridine rings is 1. The first-order valence-electron chi connectivity index (χ1n) is 5.81. The second-order valence-corrected chi connectivity index (χ2v) is 4.72. The maximum atomic E-state index is 6.16. The van der Waals surface area contributed by atoms with E-state index in [4.69, 9.17) is 17.3 Å². The number of nitrogens with two attached hydrogens (primary N) is 1. The molecule has 0 aliphatic rings. The Labute approximate surface area is 112 Å². The SMILES string of the molecule is Cc1cc(NC(C)c2ccccc2Cl)ncc1N. The molecule has 0 aliphatic heterocycles. The Morgan fingerprint density at radius 3 is 2.72 bits per heavy atom. The van der Waals surface area contributed by atoms with Crippen molar-refractivity contribution in [3.8, 4) is 0 Å². The third-order valence-corrected chi connectivity index (χ3v) is 3.23. The molecule has 0 aliphatic carbocycles. The van der Waals surface area contributed by atoms with E-state index in [1.807, 2.05) is 37.3 Å². The van der Waals surface area contributed by atoms with Crippen LogP contribution in [0.4, 0.5) is 11.5 Å². The van der Waals surface area contributed by atoms with E-state index in [0.29, 0.717) is 5.69 Å². The quantitative estimate of drug-likeness (QED) is 0.884. The summed E-state index contributed by atoms with van der Waals surface area (Å²) in [6, 6.07) is 9.81. The number of aryl methyl sites for hydroxylation is 1. The molecule has 18 heavy (non-hydrogen) atoms. The van der Waals surface area contributed by atoms with E-state index >= 15 is 0 Å². The topological polar surface area (TPSA) is 50.9 Å². The molecule has 0 spiro atoms. The molecule has 0 saturated heterocycles. The lowest BCUT2D eigenvalue weighted by Gasteiger charge is -2.16. The van der Waals surface area contributed by atoms with E-state index in [-0.39, 0.29) is 6.04 Å². The maximum absolute atomic E-state index is 6.16. The van der Waals surface area contributed by atoms with Gasteiger partial charge < -0.3 is 11.1 Å². The molecule has 0 radical (unpaired) electrons. The number of aromatic nitrogens is 1. The van der Waals surface area contributed by atoms with Crippen LogP contribution < -0.4 is 11.1 Å². The minimum Gasteiger partial charge on any atom is -0.397 e. The molecule has 0 amide bonds. The molecule has 1 aromatic heterocycles. The first kappa shape index (κ1) is 12.7. The Kier molecular flexibility index (Phi) is 3.72. The van der Waals surface area contributed by atoms with Crippen LogP contribution in [0.25, 0.3) is 0 Å². The van der Waals surface area contributed by atoms with Crippen LogP contribution >= 0.6 is 11.6 Å². The van der Waals surface area contributed by atoms with Gasteiger partial charge in [-0.15, -0.1) is 0 Å². The van der Waals surface area contributed by atoms with Gasteiger partial charge in [-0.05, 0) is 37.1 Å². The lowest BCUT2D eigenvalue weighted by molar-refractivity contribution is 0.874. The Hall–Kier alpha value is -1.74. The van der Waals surface area contributed by atoms with E-state index in [0.717, 1.165) is 22.0 Å². The maximum Gasteiger partial charge on any atom is 0.126 e. The summed E-state index contributed by atoms with van der Waals surface area (Å²) in [6.45, 7) is 4.01. The van der Waals surface area contributed by atoms with Gasteiger partial charge >= 0.3 is 0 Å². The van der Waals surface area contributed by atoms with E-state index in [1.54, 1.807) is 6.20 Å². The molecular weight excluding hydrogens is 246 g/mol. The fourth-order valence-electron chi connectivity index (χ4n) is 1.77. The van der Waals surface area contributed by atoms with Crippen LogP contribution in [-0.4, -0.2) is 4.98 Å². The van der Waals surface area contributed by atoms with Gasteiger partial charge in [0.2, 0.25) is 0 Å². The Morgan fingerprint density at radius 1 is 1.33 bits per heavy atom. The summed E-state index contributed by atoms with van der Waals surface area (Å²) in [5.74, 6) is 0.800. The van der Waals surface area contributed by atoms with Crippen molar-refractivity contribution in [1.29, 1.82) is 0 Å². The summed E-state index contributed by atoms with van der Waals surface area (Å²) in [5, 5.41) is 4.07. The van der Waals surface area contributed by atoms with Crippen LogP contribution in [0.2, 0.25) is 5.02 Å². The van der Waals surface area contributed by atoms with Crippen LogP contribution in [0.3, 0.4) is 0 Å². The summed E-state index contributed by atoms with van der Waals surface area (Å²) in [5.41, 5.74) is 8.51. The van der Waals surface area contributed by atoms with E-state index in [2.05, 4.69) is 17.2 Å². The van der Waals surface area contributed by atoms with E-state index in [9.17, 15) is 0 Å². The summed E-state index contributed by atoms with van der Waals surface area (Å²) in [6.07, 6.45) is 1.66. The molecule has 1 heterocycles. The van der Waals surface area contributed by atoms with Crippen LogP contribution in [0, 0.1) is 6.92 Å². The number of benzene rings is 1. The Bertz CT molecular complexity index is 554. The molecule has 2 rings (SSSR count). The number of hydrogen-bond acceptors (Lipinski definition) is 3. The van der Waals surface area contributed by atoms with Crippen LogP contribution in [0.1, 0.15) is 24.1 Å². The van der Waals surface area contributed by atoms with Crippen molar-refractivity contribution in [2.75, 3.05) is 11.1 Å². The largest absolute Gasteiger partial charge is 0.397 e. The van der Waals surface area contributed by atoms with Crippen LogP contribution in [0.5, 0.6) is 0 Å². The molecule has 1 aromatic carbocycles. The lowest BCUT2D eigenvalue weighted by atomic mass is 10.1. The monoisotopic (exact) mass is 261 g/mol. The standard InChI is InChI=1S/C14H16ClN3/c1-9-7-14(17-8-13(9)16)18-10(2)11-5-3-4-6-12(11)15/h3-8,10H,16H2,1-2H3,(H,17,18). The molecule has 4 heteroatoms. The van der Waals surface area contributed by atoms with Crippen LogP contribution in [0.15, 0.2) is 36.5 Å². The minimum absolute atomic E-state index is 0.0919. The average Bonchev–Trinajstić information content (AvgIpc) is 2.34. The Balaban J connectivity index is 2.19. The third-order valence-electron chi connectivity index (χ3n) is 2.89. The zero-order valence-corrected chi connectivity index (χ0v) is 11.2. The molecule has 3 N–H and O–H groups in total. The van der Waals surface area contributed by atoms with Crippen molar-refractivity contribution in [3.63, 3.8) is 0 Å². The molecule has 1 atom stereocenters. The van der Waals surface area contributed by atoms with Crippen LogP contribution in [-0.2, 0) is 0 Å². The van der Waals surface area contributed by atoms with Gasteiger partial charge in [0.1, 0.15) is 5.82 Å². The van der Waals surface area contributed by atoms with Gasteiger partial charge in [-0.3, -0.25) is 0 Å². The molecule has 0 bridgehead atoms. The average molecular weight is 262 g/mol. The van der Waals surface area contributed by atoms with Gasteiger partial charge in [-0.2, -0.15) is 0 Å². The predicted molar refractivity (Wildman–Crippen MR) is 76.9 cm³/mol. The normalized spacial score (nSPS) is 12.2. The zero-order chi connectivity index (χ0) is 13.1. The second kappa shape index (κ2) is 5.27. The smallest absolute Gasteiger partial charge is 0.126 e. The highest BCUT2D eigenvalue weighted by molar-refractivity contribution is 6.31. The minimum atomic E-state index is 0.0919. The van der Waals surface area contributed by atoms with Gasteiger partial charge in [0.25, 0.3) is 0 Å². The number of hydrogen-bond donors (Lipinski definition) is 2. The number of nitrogen functional groups attached to an aromatic ring is 1. The molecule has 0 saturated carbocycles. The fourth-order valence-corrected chi connectivity index (χ4v) is 2.07. The number of nitrogens with one attached hydrogen (secondary N) is 1. The van der Waals surface area contributed by atoms with Gasteiger partial charge in [0.05, 0.1) is 17.9 Å². The second-order valence-electron chi connectivity index (χ2n) is 4.31. The highest BCUT2D eigenvalue weighted by Gasteiger charge is 2.09. The van der Waals surface area contributed by atoms with Gasteiger partial charge in [-0.25, -0.2) is 4.98 Å². The highest BCUT2D eigenvalue weighted by atomic mass is 35.5. The predicted octanol–water partition coefficient (Wildman–Crippen LogP) is 3.80. The zero-order valence-electron chi connectivity index (χ0n) is 10.4. The van der Waals surface area contributed by atoms with Crippen molar-refractivity contribution in [2.24, 2.45) is 0 Å². The number of rotatable bonds is 3. The van der Waals surface area contributed by atoms with Crippen molar-refractivity contribution < 1.29 is 0 Å². The fraction of sp³-hybridized carbons (Fsp3) is 0.214. The Morgan fingerprint density at radius 2 is 2.06 bits per heavy atom. The number of anilines is 2. The number of nitrogens with zero attached hydrogens (tertiary/aromatic N) is 1. The van der Waals surface area contributed by atoms with Crippen molar-refractivity contribution in [2.45, 2.75) is 19.9 Å². The molecular formula is C14H16ClN3. The molecule has 3 nitrogen and oxygen atoms in total. The van der Waals surface area contributed by atoms with Gasteiger partial charge in [0, 0.05) is 5.02 Å². The summed E-state index contributed by atoms with van der Waals surface area (Å²) >= 11 is 6.16. The first-order valence-corrected chi connectivity index (χ1v) is 6.19. The number of halogens is 1. The summed E-state index contributed by atoms with van der Waals surface area (Å²) in [7, 11) is 0. The third kappa shape index (κ3) is 2.74. The lowest BCUT2D eigenvalue weighted by Crippen LogP contribution is -2.09. The van der Waals surface area contributed by atoms with E-state index < -0.39 is 0 Å². The van der Waals surface area contributed by atoms with E-state index in [1.165, 1.54) is 0 Å². The molecule has 1 unspecified atom stereocenters. The summed E-state index contributed by atoms with van der Waals surface area (Å²) in [4.78, 5) is 4.26. The molecule has 94 valence electrons.